The smallest absolute Gasteiger partial charge is 0.0802 e. The van der Waals surface area contributed by atoms with Crippen molar-refractivity contribution in [2.24, 2.45) is 0 Å². The van der Waals surface area contributed by atoms with E-state index in [4.69, 9.17) is 0 Å². The molecule has 0 saturated carbocycles. The maximum absolute atomic E-state index is 10.2. The molecular formula is C18H24N2O. The molecule has 1 unspecified atom stereocenters. The van der Waals surface area contributed by atoms with Gasteiger partial charge in [-0.15, -0.1) is 0 Å². The number of pyridine rings is 1. The van der Waals surface area contributed by atoms with Crippen LogP contribution in [0.5, 0.6) is 0 Å². The third kappa shape index (κ3) is 5.29. The zero-order valence-electron chi connectivity index (χ0n) is 12.9. The van der Waals surface area contributed by atoms with Crippen molar-refractivity contribution in [3.8, 4) is 0 Å². The lowest BCUT2D eigenvalue weighted by Gasteiger charge is -2.19. The Hall–Kier alpha value is -1.71. The normalized spacial score (nSPS) is 12.6. The molecule has 1 aromatic carbocycles. The molecule has 3 heteroatoms. The quantitative estimate of drug-likeness (QED) is 0.849. The molecule has 0 aliphatic carbocycles. The Morgan fingerprint density at radius 2 is 1.71 bits per heavy atom. The van der Waals surface area contributed by atoms with Crippen LogP contribution in [0.3, 0.4) is 0 Å². The maximum atomic E-state index is 10.2. The maximum Gasteiger partial charge on any atom is 0.0802 e. The van der Waals surface area contributed by atoms with Crippen LogP contribution in [-0.4, -0.2) is 35.1 Å². The number of aliphatic hydroxyl groups is 1. The lowest BCUT2D eigenvalue weighted by atomic mass is 10.0. The van der Waals surface area contributed by atoms with Crippen molar-refractivity contribution in [3.05, 3.63) is 65.5 Å². The molecule has 0 fully saturated rings. The Labute approximate surface area is 127 Å². The van der Waals surface area contributed by atoms with E-state index in [1.807, 2.05) is 36.7 Å². The highest BCUT2D eigenvalue weighted by Crippen LogP contribution is 2.17. The summed E-state index contributed by atoms with van der Waals surface area (Å²) in [5, 5.41) is 10.2. The first kappa shape index (κ1) is 15.7. The second kappa shape index (κ2) is 7.91. The van der Waals surface area contributed by atoms with Crippen LogP contribution < -0.4 is 0 Å². The lowest BCUT2D eigenvalue weighted by Crippen LogP contribution is -2.23. The fourth-order valence-corrected chi connectivity index (χ4v) is 2.28. The molecule has 2 rings (SSSR count). The highest BCUT2D eigenvalue weighted by atomic mass is 16.3. The summed E-state index contributed by atoms with van der Waals surface area (Å²) in [4.78, 5) is 6.29. The van der Waals surface area contributed by atoms with E-state index in [2.05, 4.69) is 36.0 Å². The van der Waals surface area contributed by atoms with Crippen LogP contribution in [0.4, 0.5) is 0 Å². The molecule has 0 aliphatic rings. The number of benzene rings is 1. The van der Waals surface area contributed by atoms with Gasteiger partial charge in [-0.25, -0.2) is 0 Å². The molecule has 0 spiro atoms. The summed E-state index contributed by atoms with van der Waals surface area (Å²) in [6.45, 7) is 3.94. The molecular weight excluding hydrogens is 260 g/mol. The predicted molar refractivity (Wildman–Crippen MR) is 86.2 cm³/mol. The Bertz CT molecular complexity index is 525. The van der Waals surface area contributed by atoms with Crippen molar-refractivity contribution >= 4 is 0 Å². The van der Waals surface area contributed by atoms with Gasteiger partial charge in [0.15, 0.2) is 0 Å². The molecule has 0 aliphatic heterocycles. The van der Waals surface area contributed by atoms with E-state index in [1.54, 1.807) is 0 Å². The molecule has 112 valence electrons. The SMILES string of the molecule is Cc1ccc(C(O)CCN(C)CCc2ccncc2)cc1. The van der Waals surface area contributed by atoms with E-state index >= 15 is 0 Å². The minimum atomic E-state index is -0.381. The summed E-state index contributed by atoms with van der Waals surface area (Å²) in [5.41, 5.74) is 3.53. The van der Waals surface area contributed by atoms with Crippen LogP contribution >= 0.6 is 0 Å². The van der Waals surface area contributed by atoms with Crippen LogP contribution in [0, 0.1) is 6.92 Å². The van der Waals surface area contributed by atoms with Gasteiger partial charge in [0.05, 0.1) is 6.10 Å². The monoisotopic (exact) mass is 284 g/mol. The van der Waals surface area contributed by atoms with Gasteiger partial charge in [0.2, 0.25) is 0 Å². The average Bonchev–Trinajstić information content (AvgIpc) is 2.52. The van der Waals surface area contributed by atoms with Crippen LogP contribution in [0.2, 0.25) is 0 Å². The third-order valence-corrected chi connectivity index (χ3v) is 3.78. The zero-order chi connectivity index (χ0) is 15.1. The van der Waals surface area contributed by atoms with Crippen LogP contribution in [0.1, 0.15) is 29.2 Å². The van der Waals surface area contributed by atoms with E-state index in [-0.39, 0.29) is 6.10 Å². The molecule has 0 amide bonds. The largest absolute Gasteiger partial charge is 0.388 e. The first-order valence-corrected chi connectivity index (χ1v) is 7.47. The minimum absolute atomic E-state index is 0.381. The van der Waals surface area contributed by atoms with Crippen molar-refractivity contribution in [3.63, 3.8) is 0 Å². The number of nitrogens with zero attached hydrogens (tertiary/aromatic N) is 2. The molecule has 1 atom stereocenters. The predicted octanol–water partition coefficient (Wildman–Crippen LogP) is 2.99. The summed E-state index contributed by atoms with van der Waals surface area (Å²) in [6, 6.07) is 12.2. The fraction of sp³-hybridized carbons (Fsp3) is 0.389. The van der Waals surface area contributed by atoms with Crippen molar-refractivity contribution in [2.45, 2.75) is 25.9 Å². The molecule has 0 bridgehead atoms. The summed E-state index contributed by atoms with van der Waals surface area (Å²) >= 11 is 0. The van der Waals surface area contributed by atoms with Crippen molar-refractivity contribution in [1.29, 1.82) is 0 Å². The summed E-state index contributed by atoms with van der Waals surface area (Å²) in [6.07, 6.45) is 5.05. The van der Waals surface area contributed by atoms with Gasteiger partial charge in [0.1, 0.15) is 0 Å². The van der Waals surface area contributed by atoms with Gasteiger partial charge in [-0.2, -0.15) is 0 Å². The summed E-state index contributed by atoms with van der Waals surface area (Å²) in [5.74, 6) is 0. The number of aryl methyl sites for hydroxylation is 1. The van der Waals surface area contributed by atoms with E-state index in [0.717, 1.165) is 31.5 Å². The van der Waals surface area contributed by atoms with E-state index in [1.165, 1.54) is 11.1 Å². The number of hydrogen-bond acceptors (Lipinski definition) is 3. The second-order valence-electron chi connectivity index (χ2n) is 5.62. The average molecular weight is 284 g/mol. The highest BCUT2D eigenvalue weighted by molar-refractivity contribution is 5.23. The second-order valence-corrected chi connectivity index (χ2v) is 5.62. The Balaban J connectivity index is 1.73. The summed E-state index contributed by atoms with van der Waals surface area (Å²) < 4.78 is 0. The van der Waals surface area contributed by atoms with Gasteiger partial charge >= 0.3 is 0 Å². The topological polar surface area (TPSA) is 36.4 Å². The van der Waals surface area contributed by atoms with Gasteiger partial charge < -0.3 is 10.0 Å². The van der Waals surface area contributed by atoms with Crippen LogP contribution in [0.15, 0.2) is 48.8 Å². The van der Waals surface area contributed by atoms with Gasteiger partial charge in [0.25, 0.3) is 0 Å². The standard InChI is InChI=1S/C18H24N2O/c1-15-3-5-17(6-4-15)18(21)10-14-20(2)13-9-16-7-11-19-12-8-16/h3-8,11-12,18,21H,9-10,13-14H2,1-2H3. The van der Waals surface area contributed by atoms with E-state index in [0.29, 0.717) is 0 Å². The highest BCUT2D eigenvalue weighted by Gasteiger charge is 2.08. The molecule has 0 radical (unpaired) electrons. The lowest BCUT2D eigenvalue weighted by molar-refractivity contribution is 0.149. The fourth-order valence-electron chi connectivity index (χ4n) is 2.28. The van der Waals surface area contributed by atoms with E-state index in [9.17, 15) is 5.11 Å². The van der Waals surface area contributed by atoms with Crippen LogP contribution in [-0.2, 0) is 6.42 Å². The van der Waals surface area contributed by atoms with Gasteiger partial charge in [0, 0.05) is 25.5 Å². The number of aliphatic hydroxyl groups excluding tert-OH is 1. The minimum Gasteiger partial charge on any atom is -0.388 e. The first-order chi connectivity index (χ1) is 10.1. The number of hydrogen-bond donors (Lipinski definition) is 1. The zero-order valence-corrected chi connectivity index (χ0v) is 12.9. The Kier molecular flexibility index (Phi) is 5.90. The number of aromatic nitrogens is 1. The van der Waals surface area contributed by atoms with Gasteiger partial charge in [-0.05, 0) is 50.1 Å². The third-order valence-electron chi connectivity index (χ3n) is 3.78. The Morgan fingerprint density at radius 3 is 2.38 bits per heavy atom. The molecule has 0 saturated heterocycles. The van der Waals surface area contributed by atoms with Gasteiger partial charge in [-0.1, -0.05) is 29.8 Å². The van der Waals surface area contributed by atoms with Crippen molar-refractivity contribution < 1.29 is 5.11 Å². The van der Waals surface area contributed by atoms with Crippen molar-refractivity contribution in [1.82, 2.24) is 9.88 Å². The Morgan fingerprint density at radius 1 is 1.05 bits per heavy atom. The molecule has 21 heavy (non-hydrogen) atoms. The van der Waals surface area contributed by atoms with E-state index < -0.39 is 0 Å². The van der Waals surface area contributed by atoms with Crippen molar-refractivity contribution in [2.75, 3.05) is 20.1 Å². The molecule has 1 N–H and O–H groups in total. The number of likely N-dealkylation sites (N-methyl/N-ethyl adjacent to an activating group) is 1. The molecule has 2 aromatic rings. The molecule has 1 heterocycles. The molecule has 1 aromatic heterocycles. The van der Waals surface area contributed by atoms with Gasteiger partial charge in [-0.3, -0.25) is 4.98 Å². The van der Waals surface area contributed by atoms with Crippen LogP contribution in [0.25, 0.3) is 0 Å². The number of rotatable bonds is 7. The summed E-state index contributed by atoms with van der Waals surface area (Å²) in [7, 11) is 2.10. The molecule has 3 nitrogen and oxygen atoms in total. The first-order valence-electron chi connectivity index (χ1n) is 7.47.